The summed E-state index contributed by atoms with van der Waals surface area (Å²) < 4.78 is 57.5. The normalized spacial score (nSPS) is 12.2. The summed E-state index contributed by atoms with van der Waals surface area (Å²) in [6.07, 6.45) is -4.76. The first-order valence-corrected chi connectivity index (χ1v) is 6.62. The smallest absolute Gasteiger partial charge is 0.348 e. The van der Waals surface area contributed by atoms with Crippen molar-refractivity contribution in [3.05, 3.63) is 29.8 Å². The molecule has 1 rings (SSSR count). The van der Waals surface area contributed by atoms with E-state index in [0.717, 1.165) is 0 Å². The molecule has 1 aromatic carbocycles. The Morgan fingerprint density at radius 1 is 1.21 bits per heavy atom. The average Bonchev–Trinajstić information content (AvgIpc) is 2.27. The number of halogens is 3. The molecule has 5 nitrogen and oxygen atoms in total. The van der Waals surface area contributed by atoms with Crippen LogP contribution in [0.4, 0.5) is 13.2 Å². The largest absolute Gasteiger partial charge is 0.471 e. The van der Waals surface area contributed by atoms with Crippen molar-refractivity contribution < 1.29 is 26.4 Å². The van der Waals surface area contributed by atoms with Crippen molar-refractivity contribution in [3.8, 4) is 0 Å². The number of carbonyl (C=O) groups excluding carboxylic acids is 1. The van der Waals surface area contributed by atoms with Gasteiger partial charge in [-0.3, -0.25) is 4.79 Å². The second kappa shape index (κ2) is 5.57. The van der Waals surface area contributed by atoms with E-state index in [9.17, 15) is 26.4 Å². The summed E-state index contributed by atoms with van der Waals surface area (Å²) in [7, 11) is -3.79. The van der Waals surface area contributed by atoms with Crippen molar-refractivity contribution in [1.82, 2.24) is 5.32 Å². The van der Waals surface area contributed by atoms with Gasteiger partial charge < -0.3 is 5.32 Å². The SMILES string of the molecule is NS(=O)(=O)c1ccc(CCNC(=O)C(F)(F)F)cc1. The second-order valence-electron chi connectivity index (χ2n) is 3.69. The maximum Gasteiger partial charge on any atom is 0.471 e. The lowest BCUT2D eigenvalue weighted by molar-refractivity contribution is -0.173. The summed E-state index contributed by atoms with van der Waals surface area (Å²) >= 11 is 0. The van der Waals surface area contributed by atoms with E-state index in [1.165, 1.54) is 24.3 Å². The predicted octanol–water partition coefficient (Wildman–Crippen LogP) is 0.555. The van der Waals surface area contributed by atoms with E-state index in [-0.39, 0.29) is 17.9 Å². The molecular weight excluding hydrogens is 285 g/mol. The molecule has 0 aliphatic rings. The van der Waals surface area contributed by atoms with Gasteiger partial charge in [0.1, 0.15) is 0 Å². The monoisotopic (exact) mass is 296 g/mol. The third-order valence-electron chi connectivity index (χ3n) is 2.21. The van der Waals surface area contributed by atoms with Gasteiger partial charge in [0.25, 0.3) is 0 Å². The molecule has 1 amide bonds. The van der Waals surface area contributed by atoms with Crippen LogP contribution < -0.4 is 10.5 Å². The van der Waals surface area contributed by atoms with Crippen molar-refractivity contribution in [2.75, 3.05) is 6.54 Å². The first-order valence-electron chi connectivity index (χ1n) is 5.07. The number of nitrogens with two attached hydrogens (primary N) is 1. The van der Waals surface area contributed by atoms with Gasteiger partial charge >= 0.3 is 12.1 Å². The van der Waals surface area contributed by atoms with Gasteiger partial charge in [0, 0.05) is 6.54 Å². The molecule has 0 saturated heterocycles. The van der Waals surface area contributed by atoms with Gasteiger partial charge in [0.05, 0.1) is 4.90 Å². The van der Waals surface area contributed by atoms with Gasteiger partial charge in [0.15, 0.2) is 0 Å². The Morgan fingerprint density at radius 3 is 2.16 bits per heavy atom. The number of carbonyl (C=O) groups is 1. The van der Waals surface area contributed by atoms with Crippen LogP contribution in [0.2, 0.25) is 0 Å². The van der Waals surface area contributed by atoms with Crippen LogP contribution in [0.5, 0.6) is 0 Å². The Morgan fingerprint density at radius 2 is 1.74 bits per heavy atom. The van der Waals surface area contributed by atoms with Gasteiger partial charge in [-0.2, -0.15) is 13.2 Å². The lowest BCUT2D eigenvalue weighted by Gasteiger charge is -2.08. The number of benzene rings is 1. The minimum Gasteiger partial charge on any atom is -0.348 e. The fraction of sp³-hybridized carbons (Fsp3) is 0.300. The first-order chi connectivity index (χ1) is 8.60. The highest BCUT2D eigenvalue weighted by Crippen LogP contribution is 2.14. The van der Waals surface area contributed by atoms with Crippen LogP contribution in [0, 0.1) is 0 Å². The summed E-state index contributed by atoms with van der Waals surface area (Å²) in [5.41, 5.74) is 0.579. The molecule has 0 aromatic heterocycles. The molecule has 0 saturated carbocycles. The number of nitrogens with one attached hydrogen (secondary N) is 1. The molecule has 106 valence electrons. The second-order valence-corrected chi connectivity index (χ2v) is 5.25. The van der Waals surface area contributed by atoms with Crippen LogP contribution >= 0.6 is 0 Å². The highest BCUT2D eigenvalue weighted by molar-refractivity contribution is 7.89. The fourth-order valence-electron chi connectivity index (χ4n) is 1.27. The zero-order chi connectivity index (χ0) is 14.7. The maximum atomic E-state index is 11.9. The third-order valence-corrected chi connectivity index (χ3v) is 3.14. The Hall–Kier alpha value is -1.61. The van der Waals surface area contributed by atoms with Crippen LogP contribution in [0.25, 0.3) is 0 Å². The quantitative estimate of drug-likeness (QED) is 0.850. The lowest BCUT2D eigenvalue weighted by atomic mass is 10.1. The van der Waals surface area contributed by atoms with Gasteiger partial charge in [-0.15, -0.1) is 0 Å². The van der Waals surface area contributed by atoms with Crippen LogP contribution in [-0.2, 0) is 21.2 Å². The van der Waals surface area contributed by atoms with Crippen LogP contribution in [0.1, 0.15) is 5.56 Å². The minimum atomic E-state index is -4.91. The van der Waals surface area contributed by atoms with Gasteiger partial charge in [-0.05, 0) is 24.1 Å². The minimum absolute atomic E-state index is 0.0874. The molecule has 0 aliphatic heterocycles. The molecular formula is C10H11F3N2O3S. The van der Waals surface area contributed by atoms with E-state index in [1.54, 1.807) is 5.32 Å². The van der Waals surface area contributed by atoms with Gasteiger partial charge in [-0.1, -0.05) is 12.1 Å². The van der Waals surface area contributed by atoms with Crippen molar-refractivity contribution in [1.29, 1.82) is 0 Å². The summed E-state index contributed by atoms with van der Waals surface area (Å²) in [4.78, 5) is 10.4. The Bertz CT molecular complexity index is 552. The summed E-state index contributed by atoms with van der Waals surface area (Å²) in [6, 6.07) is 5.32. The molecule has 3 N–H and O–H groups in total. The number of hydrogen-bond acceptors (Lipinski definition) is 3. The molecule has 0 atom stereocenters. The molecule has 0 spiro atoms. The average molecular weight is 296 g/mol. The lowest BCUT2D eigenvalue weighted by Crippen LogP contribution is -2.37. The topological polar surface area (TPSA) is 89.3 Å². The molecule has 0 aliphatic carbocycles. The Kier molecular flexibility index (Phi) is 4.53. The van der Waals surface area contributed by atoms with Crippen molar-refractivity contribution in [2.24, 2.45) is 5.14 Å². The number of sulfonamides is 1. The summed E-state index contributed by atoms with van der Waals surface area (Å²) in [5.74, 6) is -2.01. The Labute approximate surface area is 107 Å². The fourth-order valence-corrected chi connectivity index (χ4v) is 1.78. The van der Waals surface area contributed by atoms with E-state index in [2.05, 4.69) is 0 Å². The molecule has 0 unspecified atom stereocenters. The summed E-state index contributed by atoms with van der Waals surface area (Å²) in [6.45, 7) is -0.201. The molecule has 0 radical (unpaired) electrons. The zero-order valence-electron chi connectivity index (χ0n) is 9.57. The van der Waals surface area contributed by atoms with Crippen molar-refractivity contribution in [2.45, 2.75) is 17.5 Å². The highest BCUT2D eigenvalue weighted by Gasteiger charge is 2.38. The van der Waals surface area contributed by atoms with E-state index in [1.807, 2.05) is 0 Å². The Balaban J connectivity index is 2.54. The van der Waals surface area contributed by atoms with E-state index in [0.29, 0.717) is 5.56 Å². The van der Waals surface area contributed by atoms with Crippen LogP contribution in [0.15, 0.2) is 29.2 Å². The van der Waals surface area contributed by atoms with Crippen LogP contribution in [-0.4, -0.2) is 27.0 Å². The van der Waals surface area contributed by atoms with Gasteiger partial charge in [-0.25, -0.2) is 13.6 Å². The number of hydrogen-bond donors (Lipinski definition) is 2. The van der Waals surface area contributed by atoms with Crippen molar-refractivity contribution >= 4 is 15.9 Å². The van der Waals surface area contributed by atoms with E-state index >= 15 is 0 Å². The third kappa shape index (κ3) is 4.87. The number of amides is 1. The molecule has 19 heavy (non-hydrogen) atoms. The molecule has 1 aromatic rings. The molecule has 9 heteroatoms. The predicted molar refractivity (Wildman–Crippen MR) is 60.6 cm³/mol. The molecule has 0 fully saturated rings. The zero-order valence-corrected chi connectivity index (χ0v) is 10.4. The van der Waals surface area contributed by atoms with Crippen molar-refractivity contribution in [3.63, 3.8) is 0 Å². The van der Waals surface area contributed by atoms with E-state index < -0.39 is 22.1 Å². The number of alkyl halides is 3. The number of rotatable bonds is 4. The standard InChI is InChI=1S/C10H11F3N2O3S/c11-10(12,13)9(16)15-6-5-7-1-3-8(4-2-7)19(14,17)18/h1-4H,5-6H2,(H,15,16)(H2,14,17,18). The molecule has 0 heterocycles. The van der Waals surface area contributed by atoms with E-state index in [4.69, 9.17) is 5.14 Å². The van der Waals surface area contributed by atoms with Gasteiger partial charge in [0.2, 0.25) is 10.0 Å². The molecule has 0 bridgehead atoms. The highest BCUT2D eigenvalue weighted by atomic mass is 32.2. The first kappa shape index (κ1) is 15.4. The summed E-state index contributed by atoms with van der Waals surface area (Å²) in [5, 5.41) is 6.59. The number of primary sulfonamides is 1. The van der Waals surface area contributed by atoms with Crippen LogP contribution in [0.3, 0.4) is 0 Å². The maximum absolute atomic E-state index is 11.9.